The van der Waals surface area contributed by atoms with Gasteiger partial charge in [-0.05, 0) is 62.1 Å². The number of pyridine rings is 1. The van der Waals surface area contributed by atoms with Gasteiger partial charge in [-0.25, -0.2) is 0 Å². The van der Waals surface area contributed by atoms with Gasteiger partial charge in [0.15, 0.2) is 0 Å². The SMILES string of the molecule is CCCC(=O)Nc1c(C)cc(N2CCc3nc(CC(C)=O)ccc3C2)cc1C. The molecule has 0 bridgehead atoms. The number of carbonyl (C=O) groups is 2. The van der Waals surface area contributed by atoms with E-state index in [0.717, 1.165) is 54.1 Å². The Morgan fingerprint density at radius 3 is 2.54 bits per heavy atom. The van der Waals surface area contributed by atoms with Crippen LogP contribution in [-0.4, -0.2) is 23.2 Å². The summed E-state index contributed by atoms with van der Waals surface area (Å²) in [6.07, 6.45) is 2.66. The molecule has 1 N–H and O–H groups in total. The van der Waals surface area contributed by atoms with Crippen LogP contribution in [0.5, 0.6) is 0 Å². The summed E-state index contributed by atoms with van der Waals surface area (Å²) in [7, 11) is 0. The number of anilines is 2. The zero-order valence-electron chi connectivity index (χ0n) is 17.3. The Morgan fingerprint density at radius 1 is 1.18 bits per heavy atom. The second kappa shape index (κ2) is 8.55. The average molecular weight is 380 g/mol. The molecule has 1 aromatic heterocycles. The van der Waals surface area contributed by atoms with Gasteiger partial charge < -0.3 is 10.2 Å². The highest BCUT2D eigenvalue weighted by Gasteiger charge is 2.20. The number of nitrogens with zero attached hydrogens (tertiary/aromatic N) is 2. The van der Waals surface area contributed by atoms with Gasteiger partial charge in [0.05, 0.1) is 0 Å². The molecule has 148 valence electrons. The van der Waals surface area contributed by atoms with E-state index in [1.165, 1.54) is 11.3 Å². The Labute approximate surface area is 167 Å². The van der Waals surface area contributed by atoms with Crippen molar-refractivity contribution in [2.75, 3.05) is 16.8 Å². The van der Waals surface area contributed by atoms with E-state index in [1.807, 2.05) is 26.8 Å². The summed E-state index contributed by atoms with van der Waals surface area (Å²) >= 11 is 0. The Morgan fingerprint density at radius 2 is 1.89 bits per heavy atom. The van der Waals surface area contributed by atoms with Crippen molar-refractivity contribution in [3.05, 3.63) is 52.3 Å². The number of benzene rings is 1. The lowest BCUT2D eigenvalue weighted by molar-refractivity contribution is -0.117. The monoisotopic (exact) mass is 379 g/mol. The van der Waals surface area contributed by atoms with Crippen LogP contribution in [0.2, 0.25) is 0 Å². The van der Waals surface area contributed by atoms with Gasteiger partial charge in [-0.3, -0.25) is 14.6 Å². The molecule has 2 aromatic rings. The first-order valence-corrected chi connectivity index (χ1v) is 10.0. The molecule has 1 aromatic carbocycles. The third-order valence-electron chi connectivity index (χ3n) is 5.16. The van der Waals surface area contributed by atoms with Crippen LogP contribution < -0.4 is 10.2 Å². The molecule has 1 aliphatic rings. The van der Waals surface area contributed by atoms with E-state index in [2.05, 4.69) is 33.4 Å². The number of hydrogen-bond acceptors (Lipinski definition) is 4. The highest BCUT2D eigenvalue weighted by molar-refractivity contribution is 5.92. The first-order chi connectivity index (χ1) is 13.4. The molecule has 0 atom stereocenters. The number of rotatable bonds is 6. The van der Waals surface area contributed by atoms with Crippen LogP contribution in [0, 0.1) is 13.8 Å². The van der Waals surface area contributed by atoms with Gasteiger partial charge in [0, 0.05) is 55.1 Å². The maximum atomic E-state index is 12.0. The van der Waals surface area contributed by atoms with Gasteiger partial charge in [0.2, 0.25) is 5.91 Å². The molecule has 0 radical (unpaired) electrons. The minimum atomic E-state index is 0.0702. The van der Waals surface area contributed by atoms with Crippen molar-refractivity contribution < 1.29 is 9.59 Å². The van der Waals surface area contributed by atoms with E-state index in [0.29, 0.717) is 12.8 Å². The van der Waals surface area contributed by atoms with Gasteiger partial charge in [0.25, 0.3) is 0 Å². The Bertz CT molecular complexity index is 882. The first kappa shape index (κ1) is 20.1. The van der Waals surface area contributed by atoms with E-state index in [1.54, 1.807) is 6.92 Å². The third kappa shape index (κ3) is 4.58. The molecule has 0 unspecified atom stereocenters. The number of aromatic nitrogens is 1. The van der Waals surface area contributed by atoms with Crippen molar-refractivity contribution in [1.29, 1.82) is 0 Å². The van der Waals surface area contributed by atoms with Crippen molar-refractivity contribution in [3.63, 3.8) is 0 Å². The summed E-state index contributed by atoms with van der Waals surface area (Å²) in [6.45, 7) is 9.40. The summed E-state index contributed by atoms with van der Waals surface area (Å²) in [5.74, 6) is 0.211. The lowest BCUT2D eigenvalue weighted by atomic mass is 10.0. The summed E-state index contributed by atoms with van der Waals surface area (Å²) < 4.78 is 0. The van der Waals surface area contributed by atoms with Crippen molar-refractivity contribution in [2.45, 2.75) is 59.9 Å². The van der Waals surface area contributed by atoms with E-state index < -0.39 is 0 Å². The fraction of sp³-hybridized carbons (Fsp3) is 0.435. The van der Waals surface area contributed by atoms with E-state index in [4.69, 9.17) is 0 Å². The molecule has 3 rings (SSSR count). The molecular formula is C23H29N3O2. The maximum absolute atomic E-state index is 12.0. The van der Waals surface area contributed by atoms with Crippen LogP contribution in [0.25, 0.3) is 0 Å². The number of hydrogen-bond donors (Lipinski definition) is 1. The van der Waals surface area contributed by atoms with Crippen LogP contribution in [0.4, 0.5) is 11.4 Å². The van der Waals surface area contributed by atoms with Crippen molar-refractivity contribution >= 4 is 23.1 Å². The van der Waals surface area contributed by atoms with Gasteiger partial charge >= 0.3 is 0 Å². The van der Waals surface area contributed by atoms with Crippen molar-refractivity contribution in [1.82, 2.24) is 4.98 Å². The molecule has 1 aliphatic heterocycles. The van der Waals surface area contributed by atoms with Crippen LogP contribution in [0.3, 0.4) is 0 Å². The smallest absolute Gasteiger partial charge is 0.224 e. The fourth-order valence-corrected chi connectivity index (χ4v) is 3.78. The number of nitrogens with one attached hydrogen (secondary N) is 1. The topological polar surface area (TPSA) is 62.3 Å². The van der Waals surface area contributed by atoms with E-state index >= 15 is 0 Å². The standard InChI is InChI=1S/C23H29N3O2/c1-5-6-22(28)25-23-15(2)11-20(12-16(23)3)26-10-9-21-18(14-26)7-8-19(24-21)13-17(4)27/h7-8,11-12H,5-6,9-10,13-14H2,1-4H3,(H,25,28). The average Bonchev–Trinajstić information content (AvgIpc) is 2.64. The number of amides is 1. The molecule has 28 heavy (non-hydrogen) atoms. The van der Waals surface area contributed by atoms with Crippen LogP contribution in [0.15, 0.2) is 24.3 Å². The second-order valence-electron chi connectivity index (χ2n) is 7.71. The van der Waals surface area contributed by atoms with Crippen molar-refractivity contribution in [2.24, 2.45) is 0 Å². The van der Waals surface area contributed by atoms with Gasteiger partial charge in [-0.15, -0.1) is 0 Å². The zero-order valence-corrected chi connectivity index (χ0v) is 17.3. The number of carbonyl (C=O) groups excluding carboxylic acids is 2. The lowest BCUT2D eigenvalue weighted by Crippen LogP contribution is -2.31. The summed E-state index contributed by atoms with van der Waals surface area (Å²) in [4.78, 5) is 30.4. The molecule has 2 heterocycles. The maximum Gasteiger partial charge on any atom is 0.224 e. The molecule has 5 heteroatoms. The minimum Gasteiger partial charge on any atom is -0.367 e. The summed E-state index contributed by atoms with van der Waals surface area (Å²) in [5.41, 5.74) is 7.44. The molecule has 5 nitrogen and oxygen atoms in total. The quantitative estimate of drug-likeness (QED) is 0.820. The molecule has 0 fully saturated rings. The highest BCUT2D eigenvalue weighted by atomic mass is 16.1. The van der Waals surface area contributed by atoms with Gasteiger partial charge in [-0.2, -0.15) is 0 Å². The summed E-state index contributed by atoms with van der Waals surface area (Å²) in [6, 6.07) is 8.37. The number of aryl methyl sites for hydroxylation is 2. The normalized spacial score (nSPS) is 13.2. The number of Topliss-reactive ketones (excluding diaryl/α,β-unsaturated/α-hetero) is 1. The molecule has 0 saturated carbocycles. The minimum absolute atomic E-state index is 0.0702. The first-order valence-electron chi connectivity index (χ1n) is 10.0. The van der Waals surface area contributed by atoms with Crippen molar-refractivity contribution in [3.8, 4) is 0 Å². The molecule has 0 aliphatic carbocycles. The lowest BCUT2D eigenvalue weighted by Gasteiger charge is -2.31. The Kier molecular flexibility index (Phi) is 6.12. The molecule has 0 saturated heterocycles. The predicted molar refractivity (Wildman–Crippen MR) is 113 cm³/mol. The zero-order chi connectivity index (χ0) is 20.3. The number of fused-ring (bicyclic) bond motifs is 1. The van der Waals surface area contributed by atoms with Gasteiger partial charge in [-0.1, -0.05) is 13.0 Å². The fourth-order valence-electron chi connectivity index (χ4n) is 3.78. The molecule has 1 amide bonds. The molecule has 0 spiro atoms. The Hall–Kier alpha value is -2.69. The summed E-state index contributed by atoms with van der Waals surface area (Å²) in [5, 5.41) is 3.05. The largest absolute Gasteiger partial charge is 0.367 e. The highest BCUT2D eigenvalue weighted by Crippen LogP contribution is 2.30. The number of ketones is 1. The van der Waals surface area contributed by atoms with Crippen LogP contribution >= 0.6 is 0 Å². The van der Waals surface area contributed by atoms with Gasteiger partial charge in [0.1, 0.15) is 5.78 Å². The Balaban J connectivity index is 1.78. The van der Waals surface area contributed by atoms with E-state index in [-0.39, 0.29) is 11.7 Å². The second-order valence-corrected chi connectivity index (χ2v) is 7.71. The molecular weight excluding hydrogens is 350 g/mol. The van der Waals surface area contributed by atoms with E-state index in [9.17, 15) is 9.59 Å². The van der Waals surface area contributed by atoms with Crippen LogP contribution in [-0.2, 0) is 29.0 Å². The predicted octanol–water partition coefficient (Wildman–Crippen LogP) is 4.13. The third-order valence-corrected chi connectivity index (χ3v) is 5.16. The van der Waals surface area contributed by atoms with Crippen LogP contribution in [0.1, 0.15) is 54.8 Å².